The monoisotopic (exact) mass is 594 g/mol. The van der Waals surface area contributed by atoms with Crippen molar-refractivity contribution in [3.63, 3.8) is 0 Å². The van der Waals surface area contributed by atoms with Gasteiger partial charge in [-0.1, -0.05) is 39.8 Å². The lowest BCUT2D eigenvalue weighted by atomic mass is 9.87. The maximum Gasteiger partial charge on any atom is 0.255 e. The first-order valence-electron chi connectivity index (χ1n) is 13.4. The van der Waals surface area contributed by atoms with Gasteiger partial charge in [-0.3, -0.25) is 9.59 Å². The zero-order chi connectivity index (χ0) is 27.8. The molecule has 0 saturated carbocycles. The first kappa shape index (κ1) is 39.5. The minimum atomic E-state index is -0.881. The van der Waals surface area contributed by atoms with Crippen LogP contribution in [0.1, 0.15) is 63.7 Å². The van der Waals surface area contributed by atoms with Gasteiger partial charge < -0.3 is 36.3 Å². The number of carbonyl (C=O) groups is 2. The highest BCUT2D eigenvalue weighted by molar-refractivity contribution is 5.96. The third-order valence-corrected chi connectivity index (χ3v) is 6.76. The van der Waals surface area contributed by atoms with E-state index in [1.54, 1.807) is 19.2 Å². The number of carbonyl (C=O) groups excluding carboxylic acids is 2. The Labute approximate surface area is 247 Å². The molecule has 1 aromatic carbocycles. The highest BCUT2D eigenvalue weighted by atomic mass is 35.5. The number of aliphatic hydroxyl groups excluding tert-OH is 1. The second-order valence-electron chi connectivity index (χ2n) is 10.7. The maximum atomic E-state index is 13.0. The van der Waals surface area contributed by atoms with Crippen LogP contribution in [0.2, 0.25) is 0 Å². The third kappa shape index (κ3) is 15.1. The van der Waals surface area contributed by atoms with Gasteiger partial charge in [-0.2, -0.15) is 0 Å². The number of rotatable bonds is 19. The van der Waals surface area contributed by atoms with E-state index in [-0.39, 0.29) is 55.0 Å². The Morgan fingerprint density at radius 2 is 1.69 bits per heavy atom. The van der Waals surface area contributed by atoms with Crippen LogP contribution in [0.25, 0.3) is 0 Å². The number of nitrogens with one attached hydrogen (secondary N) is 3. The molecule has 9 nitrogen and oxygen atoms in total. The van der Waals surface area contributed by atoms with Crippen LogP contribution in [0.4, 0.5) is 0 Å². The van der Waals surface area contributed by atoms with E-state index < -0.39 is 17.6 Å². The standard InChI is InChI=1S/C28H50N4O5.2ClH/c1-20(2)21(17-23(29)24(33)19-32-27(35)28(3,4)13-14-30-5)18-31-26(34)22-11-7-8-12-25(22)37-16-10-9-15-36-6;;/h7-8,11-12,20-21,23-24,30,33H,9-10,13-19,29H2,1-6H3,(H,31,34)(H,32,35);2*1H/t21-,23+,24+;;/m1../s1. The van der Waals surface area contributed by atoms with E-state index in [9.17, 15) is 14.7 Å². The second-order valence-corrected chi connectivity index (χ2v) is 10.7. The van der Waals surface area contributed by atoms with Crippen molar-refractivity contribution < 1.29 is 24.2 Å². The summed E-state index contributed by atoms with van der Waals surface area (Å²) >= 11 is 0. The highest BCUT2D eigenvalue weighted by Gasteiger charge is 2.29. The second kappa shape index (κ2) is 21.2. The number of nitrogens with two attached hydrogens (primary N) is 1. The van der Waals surface area contributed by atoms with Gasteiger partial charge in [0.25, 0.3) is 5.91 Å². The molecule has 0 spiro atoms. The van der Waals surface area contributed by atoms with Gasteiger partial charge in [-0.05, 0) is 63.2 Å². The van der Waals surface area contributed by atoms with Gasteiger partial charge in [-0.15, -0.1) is 24.8 Å². The van der Waals surface area contributed by atoms with Crippen LogP contribution in [0.15, 0.2) is 24.3 Å². The SMILES string of the molecule is CNCCC(C)(C)C(=O)NC[C@H](O)[C@@H](N)C[C@H](CNC(=O)c1ccccc1OCCCCOC)C(C)C.Cl.Cl. The topological polar surface area (TPSA) is 135 Å². The van der Waals surface area contributed by atoms with Gasteiger partial charge in [-0.25, -0.2) is 0 Å². The van der Waals surface area contributed by atoms with Crippen LogP contribution in [0.3, 0.4) is 0 Å². The largest absolute Gasteiger partial charge is 0.493 e. The Balaban J connectivity index is 0. The summed E-state index contributed by atoms with van der Waals surface area (Å²) in [4.78, 5) is 25.5. The first-order chi connectivity index (χ1) is 17.5. The van der Waals surface area contributed by atoms with Crippen LogP contribution >= 0.6 is 24.8 Å². The summed E-state index contributed by atoms with van der Waals surface area (Å²) in [5.41, 5.74) is 6.26. The molecule has 6 N–H and O–H groups in total. The van der Waals surface area contributed by atoms with Crippen molar-refractivity contribution in [1.82, 2.24) is 16.0 Å². The van der Waals surface area contributed by atoms with E-state index in [0.29, 0.717) is 43.9 Å². The summed E-state index contributed by atoms with van der Waals surface area (Å²) < 4.78 is 10.9. The predicted molar refractivity (Wildman–Crippen MR) is 162 cm³/mol. The Bertz CT molecular complexity index is 814. The van der Waals surface area contributed by atoms with Crippen molar-refractivity contribution in [2.24, 2.45) is 23.0 Å². The number of hydrogen-bond donors (Lipinski definition) is 5. The number of methoxy groups -OCH3 is 1. The molecule has 0 aliphatic rings. The van der Waals surface area contributed by atoms with E-state index in [4.69, 9.17) is 15.2 Å². The average Bonchev–Trinajstić information content (AvgIpc) is 2.87. The molecule has 2 amide bonds. The number of aliphatic hydroxyl groups is 1. The van der Waals surface area contributed by atoms with Crippen molar-refractivity contribution in [2.75, 3.05) is 47.0 Å². The number of halogens is 2. The van der Waals surface area contributed by atoms with Crippen molar-refractivity contribution in [3.05, 3.63) is 29.8 Å². The van der Waals surface area contributed by atoms with E-state index in [1.807, 2.05) is 33.0 Å². The molecule has 1 rings (SSSR count). The number of amides is 2. The lowest BCUT2D eigenvalue weighted by Crippen LogP contribution is -2.48. The third-order valence-electron chi connectivity index (χ3n) is 6.76. The van der Waals surface area contributed by atoms with Gasteiger partial charge in [0, 0.05) is 38.3 Å². The molecule has 0 aliphatic carbocycles. The van der Waals surface area contributed by atoms with Gasteiger partial charge in [0.05, 0.1) is 18.3 Å². The maximum absolute atomic E-state index is 13.0. The number of ether oxygens (including phenoxy) is 2. The van der Waals surface area contributed by atoms with Gasteiger partial charge in [0.1, 0.15) is 5.75 Å². The summed E-state index contributed by atoms with van der Waals surface area (Å²) in [6, 6.07) is 6.67. The zero-order valence-electron chi connectivity index (χ0n) is 24.5. The quantitative estimate of drug-likeness (QED) is 0.155. The fourth-order valence-corrected chi connectivity index (χ4v) is 3.87. The molecule has 0 aliphatic heterocycles. The van der Waals surface area contributed by atoms with Crippen LogP contribution < -0.4 is 26.4 Å². The molecule has 0 saturated heterocycles. The molecule has 0 aromatic heterocycles. The lowest BCUT2D eigenvalue weighted by molar-refractivity contribution is -0.130. The fourth-order valence-electron chi connectivity index (χ4n) is 3.87. The number of para-hydroxylation sites is 1. The Morgan fingerprint density at radius 3 is 2.31 bits per heavy atom. The molecular weight excluding hydrogens is 543 g/mol. The highest BCUT2D eigenvalue weighted by Crippen LogP contribution is 2.22. The normalized spacial score (nSPS) is 13.5. The summed E-state index contributed by atoms with van der Waals surface area (Å²) in [5, 5.41) is 19.5. The minimum Gasteiger partial charge on any atom is -0.493 e. The van der Waals surface area contributed by atoms with Crippen molar-refractivity contribution in [2.45, 2.75) is 65.5 Å². The molecule has 0 fully saturated rings. The van der Waals surface area contributed by atoms with Crippen LogP contribution in [0.5, 0.6) is 5.75 Å². The van der Waals surface area contributed by atoms with E-state index in [2.05, 4.69) is 29.8 Å². The molecule has 0 bridgehead atoms. The van der Waals surface area contributed by atoms with Crippen LogP contribution in [-0.2, 0) is 9.53 Å². The average molecular weight is 596 g/mol. The molecule has 0 radical (unpaired) electrons. The molecule has 3 atom stereocenters. The lowest BCUT2D eigenvalue weighted by Gasteiger charge is -2.29. The Kier molecular flexibility index (Phi) is 21.5. The molecule has 0 unspecified atom stereocenters. The van der Waals surface area contributed by atoms with Crippen molar-refractivity contribution in [3.8, 4) is 5.75 Å². The van der Waals surface area contributed by atoms with Crippen LogP contribution in [-0.4, -0.2) is 76.1 Å². The van der Waals surface area contributed by atoms with Crippen molar-refractivity contribution >= 4 is 36.6 Å². The van der Waals surface area contributed by atoms with Gasteiger partial charge >= 0.3 is 0 Å². The summed E-state index contributed by atoms with van der Waals surface area (Å²) in [7, 11) is 3.52. The molecule has 11 heteroatoms. The number of benzene rings is 1. The molecule has 228 valence electrons. The molecular formula is C28H52Cl2N4O5. The summed E-state index contributed by atoms with van der Waals surface area (Å²) in [5.74, 6) is 0.531. The first-order valence-corrected chi connectivity index (χ1v) is 13.4. The smallest absolute Gasteiger partial charge is 0.255 e. The van der Waals surface area contributed by atoms with E-state index >= 15 is 0 Å². The van der Waals surface area contributed by atoms with E-state index in [0.717, 1.165) is 19.4 Å². The molecule has 0 heterocycles. The fraction of sp³-hybridized carbons (Fsp3) is 0.714. The van der Waals surface area contributed by atoms with E-state index in [1.165, 1.54) is 0 Å². The molecule has 39 heavy (non-hydrogen) atoms. The van der Waals surface area contributed by atoms with Crippen molar-refractivity contribution in [1.29, 1.82) is 0 Å². The Morgan fingerprint density at radius 1 is 1.05 bits per heavy atom. The Hall–Kier alpha value is -1.62. The summed E-state index contributed by atoms with van der Waals surface area (Å²) in [6.45, 7) is 10.3. The predicted octanol–water partition coefficient (Wildman–Crippen LogP) is 3.17. The molecule has 1 aromatic rings. The zero-order valence-corrected chi connectivity index (χ0v) is 26.1. The summed E-state index contributed by atoms with van der Waals surface area (Å²) in [6.07, 6.45) is 2.05. The minimum absolute atomic E-state index is 0. The van der Waals surface area contributed by atoms with Gasteiger partial charge in [0.15, 0.2) is 0 Å². The van der Waals surface area contributed by atoms with Crippen LogP contribution in [0, 0.1) is 17.3 Å². The number of unbranched alkanes of at least 4 members (excludes halogenated alkanes) is 1. The van der Waals surface area contributed by atoms with Gasteiger partial charge in [0.2, 0.25) is 5.91 Å². The number of hydrogen-bond acceptors (Lipinski definition) is 7.